The molecule has 0 saturated heterocycles. The van der Waals surface area contributed by atoms with E-state index in [0.29, 0.717) is 28.4 Å². The number of pyridine rings is 1. The van der Waals surface area contributed by atoms with Gasteiger partial charge in [0, 0.05) is 31.5 Å². The highest BCUT2D eigenvalue weighted by molar-refractivity contribution is 5.91. The predicted molar refractivity (Wildman–Crippen MR) is 105 cm³/mol. The van der Waals surface area contributed by atoms with E-state index in [1.165, 1.54) is 6.33 Å². The van der Waals surface area contributed by atoms with Crippen LogP contribution in [0.4, 0.5) is 11.5 Å². The van der Waals surface area contributed by atoms with E-state index in [4.69, 9.17) is 0 Å². The molecule has 144 valence electrons. The molecule has 10 nitrogen and oxygen atoms in total. The first-order chi connectivity index (χ1) is 13.5. The van der Waals surface area contributed by atoms with Crippen LogP contribution in [-0.2, 0) is 11.3 Å². The molecule has 0 aliphatic carbocycles. The van der Waals surface area contributed by atoms with E-state index in [1.807, 2.05) is 11.9 Å². The summed E-state index contributed by atoms with van der Waals surface area (Å²) >= 11 is 0. The van der Waals surface area contributed by atoms with Crippen LogP contribution in [0, 0.1) is 5.92 Å². The van der Waals surface area contributed by atoms with E-state index in [0.717, 1.165) is 12.4 Å². The van der Waals surface area contributed by atoms with Crippen LogP contribution in [-0.4, -0.2) is 53.8 Å². The fraction of sp³-hybridized carbons (Fsp3) is 0.333. The number of amides is 1. The van der Waals surface area contributed by atoms with Crippen LogP contribution in [0.5, 0.6) is 0 Å². The quantitative estimate of drug-likeness (QED) is 0.542. The summed E-state index contributed by atoms with van der Waals surface area (Å²) in [5.74, 6) is 1.04. The van der Waals surface area contributed by atoms with Crippen molar-refractivity contribution in [3.05, 3.63) is 37.1 Å². The molecular weight excluding hydrogens is 358 g/mol. The van der Waals surface area contributed by atoms with Crippen molar-refractivity contribution in [1.29, 1.82) is 0 Å². The summed E-state index contributed by atoms with van der Waals surface area (Å²) in [6.07, 6.45) is 6.54. The summed E-state index contributed by atoms with van der Waals surface area (Å²) in [5.41, 5.74) is 2.53. The Bertz CT molecular complexity index is 1130. The van der Waals surface area contributed by atoms with Gasteiger partial charge in [0.1, 0.15) is 24.2 Å². The minimum absolute atomic E-state index is 0.0351. The van der Waals surface area contributed by atoms with E-state index >= 15 is 0 Å². The molecule has 4 rings (SSSR count). The Kier molecular flexibility index (Phi) is 4.60. The number of aromatic nitrogens is 7. The molecule has 0 bridgehead atoms. The molecule has 4 aromatic heterocycles. The smallest absolute Gasteiger partial charge is 0.246 e. The van der Waals surface area contributed by atoms with Crippen molar-refractivity contribution in [2.45, 2.75) is 20.4 Å². The van der Waals surface area contributed by atoms with Crippen molar-refractivity contribution in [3.63, 3.8) is 0 Å². The lowest BCUT2D eigenvalue weighted by Gasteiger charge is -2.19. The number of nitrogens with zero attached hydrogens (tertiary/aromatic N) is 8. The number of carbonyl (C=O) groups excluding carboxylic acids is 1. The predicted octanol–water partition coefficient (Wildman–Crippen LogP) is 1.60. The standard InChI is InChI=1S/C18H21N9O/c1-12(2)9-25(3)16-8-19-14-7-21-27(18(14)24-16)10-17(28)23-13-4-5-26-15(6-13)20-11-22-26/h4-8,11-12H,9-10H2,1-3H3,(H,23,28). The van der Waals surface area contributed by atoms with E-state index in [1.54, 1.807) is 39.9 Å². The summed E-state index contributed by atoms with van der Waals surface area (Å²) in [6.45, 7) is 5.19. The molecule has 0 aliphatic rings. The van der Waals surface area contributed by atoms with Gasteiger partial charge in [-0.25, -0.2) is 24.1 Å². The SMILES string of the molecule is CC(C)CN(C)c1cnc2cnn(CC(=O)Nc3ccn4ncnc4c3)c2n1. The van der Waals surface area contributed by atoms with Gasteiger partial charge in [-0.3, -0.25) is 4.79 Å². The molecule has 1 N–H and O–H groups in total. The van der Waals surface area contributed by atoms with Gasteiger partial charge in [0.15, 0.2) is 11.3 Å². The van der Waals surface area contributed by atoms with Gasteiger partial charge in [-0.2, -0.15) is 10.2 Å². The van der Waals surface area contributed by atoms with Crippen LogP contribution in [0.25, 0.3) is 16.8 Å². The highest BCUT2D eigenvalue weighted by atomic mass is 16.2. The number of fused-ring (bicyclic) bond motifs is 2. The third-order valence-electron chi connectivity index (χ3n) is 4.22. The molecule has 0 aromatic carbocycles. The summed E-state index contributed by atoms with van der Waals surface area (Å²) < 4.78 is 3.18. The minimum atomic E-state index is -0.211. The molecule has 0 unspecified atom stereocenters. The average Bonchev–Trinajstić information content (AvgIpc) is 3.27. The summed E-state index contributed by atoms with van der Waals surface area (Å²) in [7, 11) is 1.98. The van der Waals surface area contributed by atoms with Crippen LogP contribution in [0.2, 0.25) is 0 Å². The van der Waals surface area contributed by atoms with E-state index < -0.39 is 0 Å². The van der Waals surface area contributed by atoms with Crippen molar-refractivity contribution in [2.75, 3.05) is 23.8 Å². The molecule has 4 aromatic rings. The second-order valence-corrected chi connectivity index (χ2v) is 7.04. The molecule has 0 aliphatic heterocycles. The highest BCUT2D eigenvalue weighted by Crippen LogP contribution is 2.16. The Labute approximate surface area is 161 Å². The zero-order valence-electron chi connectivity index (χ0n) is 15.9. The van der Waals surface area contributed by atoms with Crippen LogP contribution in [0.3, 0.4) is 0 Å². The van der Waals surface area contributed by atoms with Crippen molar-refractivity contribution in [2.24, 2.45) is 5.92 Å². The van der Waals surface area contributed by atoms with Gasteiger partial charge in [-0.15, -0.1) is 0 Å². The molecule has 0 atom stereocenters. The molecule has 10 heteroatoms. The number of rotatable bonds is 6. The molecule has 0 radical (unpaired) electrons. The van der Waals surface area contributed by atoms with Gasteiger partial charge in [0.2, 0.25) is 5.91 Å². The van der Waals surface area contributed by atoms with Gasteiger partial charge in [0.05, 0.1) is 12.4 Å². The molecule has 4 heterocycles. The lowest BCUT2D eigenvalue weighted by Crippen LogP contribution is -2.24. The normalized spacial score (nSPS) is 11.4. The average molecular weight is 379 g/mol. The van der Waals surface area contributed by atoms with E-state index in [9.17, 15) is 4.79 Å². The maximum absolute atomic E-state index is 12.5. The van der Waals surface area contributed by atoms with E-state index in [2.05, 4.69) is 44.3 Å². The highest BCUT2D eigenvalue weighted by Gasteiger charge is 2.13. The second kappa shape index (κ2) is 7.22. The van der Waals surface area contributed by atoms with Crippen LogP contribution >= 0.6 is 0 Å². The maximum atomic E-state index is 12.5. The lowest BCUT2D eigenvalue weighted by molar-refractivity contribution is -0.116. The third kappa shape index (κ3) is 3.61. The zero-order valence-corrected chi connectivity index (χ0v) is 15.9. The minimum Gasteiger partial charge on any atom is -0.358 e. The summed E-state index contributed by atoms with van der Waals surface area (Å²) in [4.78, 5) is 27.7. The van der Waals surface area contributed by atoms with Crippen LogP contribution < -0.4 is 10.2 Å². The lowest BCUT2D eigenvalue weighted by atomic mass is 10.2. The zero-order chi connectivity index (χ0) is 19.7. The molecule has 1 amide bonds. The van der Waals surface area contributed by atoms with Gasteiger partial charge < -0.3 is 10.2 Å². The molecular formula is C18H21N9O. The van der Waals surface area contributed by atoms with Crippen molar-refractivity contribution in [1.82, 2.24) is 34.3 Å². The molecule has 28 heavy (non-hydrogen) atoms. The van der Waals surface area contributed by atoms with Gasteiger partial charge >= 0.3 is 0 Å². The first-order valence-electron chi connectivity index (χ1n) is 8.98. The first-order valence-corrected chi connectivity index (χ1v) is 8.98. The number of nitrogens with one attached hydrogen (secondary N) is 1. The summed E-state index contributed by atoms with van der Waals surface area (Å²) in [5, 5.41) is 11.2. The van der Waals surface area contributed by atoms with Crippen LogP contribution in [0.1, 0.15) is 13.8 Å². The number of carbonyl (C=O) groups is 1. The largest absolute Gasteiger partial charge is 0.358 e. The maximum Gasteiger partial charge on any atom is 0.246 e. The first kappa shape index (κ1) is 17.8. The fourth-order valence-electron chi connectivity index (χ4n) is 3.01. The molecule has 0 saturated carbocycles. The van der Waals surface area contributed by atoms with Crippen molar-refractivity contribution in [3.8, 4) is 0 Å². The summed E-state index contributed by atoms with van der Waals surface area (Å²) in [6, 6.07) is 3.52. The van der Waals surface area contributed by atoms with Gasteiger partial charge in [-0.05, 0) is 12.0 Å². The van der Waals surface area contributed by atoms with Crippen molar-refractivity contribution >= 4 is 34.2 Å². The Balaban J connectivity index is 1.52. The fourth-order valence-corrected chi connectivity index (χ4v) is 3.01. The Morgan fingerprint density at radius 2 is 2.11 bits per heavy atom. The topological polar surface area (TPSA) is 106 Å². The Hall–Kier alpha value is -3.56. The second-order valence-electron chi connectivity index (χ2n) is 7.04. The Morgan fingerprint density at radius 1 is 1.25 bits per heavy atom. The number of hydrogen-bond donors (Lipinski definition) is 1. The van der Waals surface area contributed by atoms with Crippen LogP contribution in [0.15, 0.2) is 37.1 Å². The monoisotopic (exact) mass is 379 g/mol. The molecule has 0 spiro atoms. The van der Waals surface area contributed by atoms with Gasteiger partial charge in [0.25, 0.3) is 0 Å². The number of anilines is 2. The number of hydrogen-bond acceptors (Lipinski definition) is 7. The van der Waals surface area contributed by atoms with Gasteiger partial charge in [-0.1, -0.05) is 13.8 Å². The third-order valence-corrected chi connectivity index (χ3v) is 4.22. The Morgan fingerprint density at radius 3 is 2.93 bits per heavy atom. The van der Waals surface area contributed by atoms with Crippen molar-refractivity contribution < 1.29 is 4.79 Å². The van der Waals surface area contributed by atoms with E-state index in [-0.39, 0.29) is 12.5 Å². The molecule has 0 fully saturated rings.